The lowest BCUT2D eigenvalue weighted by Gasteiger charge is -1.99. The second-order valence-corrected chi connectivity index (χ2v) is 6.29. The van der Waals surface area contributed by atoms with Gasteiger partial charge in [0.25, 0.3) is 0 Å². The van der Waals surface area contributed by atoms with E-state index >= 15 is 0 Å². The largest absolute Gasteiger partial charge is 0.472 e. The fourth-order valence-electron chi connectivity index (χ4n) is 3.03. The molecule has 4 aromatic heterocycles. The zero-order chi connectivity index (χ0) is 19.1. The summed E-state index contributed by atoms with van der Waals surface area (Å²) in [5.74, 6) is -0.905. The first-order valence-electron chi connectivity index (χ1n) is 8.49. The van der Waals surface area contributed by atoms with Gasteiger partial charge in [-0.3, -0.25) is 0 Å². The Balaban J connectivity index is 1.45. The molecule has 0 aliphatic heterocycles. The summed E-state index contributed by atoms with van der Waals surface area (Å²) < 4.78 is 39.8. The van der Waals surface area contributed by atoms with E-state index in [2.05, 4.69) is 15.1 Å². The van der Waals surface area contributed by atoms with Crippen LogP contribution in [-0.4, -0.2) is 15.1 Å². The molecule has 28 heavy (non-hydrogen) atoms. The Hall–Kier alpha value is -3.81. The monoisotopic (exact) mass is 379 g/mol. The van der Waals surface area contributed by atoms with Crippen molar-refractivity contribution in [2.45, 2.75) is 6.54 Å². The van der Waals surface area contributed by atoms with Gasteiger partial charge in [0.05, 0.1) is 18.1 Å². The molecule has 0 saturated carbocycles. The Morgan fingerprint density at radius 2 is 2.07 bits per heavy atom. The molecule has 0 radical (unpaired) electrons. The molecule has 0 atom stereocenters. The average Bonchev–Trinajstić information content (AvgIpc) is 3.43. The number of imidazole rings is 1. The molecule has 138 valence electrons. The Bertz CT molecular complexity index is 1270. The van der Waals surface area contributed by atoms with E-state index in [-0.39, 0.29) is 11.4 Å². The second-order valence-electron chi connectivity index (χ2n) is 6.29. The smallest absolute Gasteiger partial charge is 0.208 e. The van der Waals surface area contributed by atoms with E-state index in [1.54, 1.807) is 24.7 Å². The third-order valence-electron chi connectivity index (χ3n) is 4.40. The van der Waals surface area contributed by atoms with Gasteiger partial charge >= 0.3 is 0 Å². The number of pyridine rings is 1. The summed E-state index contributed by atoms with van der Waals surface area (Å²) in [4.78, 5) is 7.39. The Labute approximate surface area is 157 Å². The van der Waals surface area contributed by atoms with Crippen molar-refractivity contribution in [1.82, 2.24) is 15.1 Å². The Morgan fingerprint density at radius 1 is 1.14 bits per heavy atom. The molecule has 0 fully saturated rings. The normalized spacial score (nSPS) is 11.4. The molecule has 5 aromatic rings. The van der Waals surface area contributed by atoms with E-state index in [1.165, 1.54) is 12.1 Å². The fourth-order valence-corrected chi connectivity index (χ4v) is 3.03. The Kier molecular flexibility index (Phi) is 3.75. The molecule has 0 unspecified atom stereocenters. The van der Waals surface area contributed by atoms with Crippen molar-refractivity contribution in [3.8, 4) is 22.6 Å². The summed E-state index contributed by atoms with van der Waals surface area (Å²) in [7, 11) is 0. The first-order chi connectivity index (χ1) is 13.7. The van der Waals surface area contributed by atoms with Gasteiger partial charge in [0.15, 0.2) is 24.0 Å². The van der Waals surface area contributed by atoms with E-state index in [4.69, 9.17) is 8.94 Å². The predicted octanol–water partition coefficient (Wildman–Crippen LogP) is 4.09. The third kappa shape index (κ3) is 2.84. The molecule has 8 heteroatoms. The van der Waals surface area contributed by atoms with Crippen molar-refractivity contribution in [1.29, 1.82) is 0 Å². The topological polar surface area (TPSA) is 71.7 Å². The van der Waals surface area contributed by atoms with Gasteiger partial charge in [-0.05, 0) is 18.2 Å². The zero-order valence-electron chi connectivity index (χ0n) is 14.4. The number of aromatic amines is 1. The van der Waals surface area contributed by atoms with Crippen molar-refractivity contribution < 1.29 is 22.3 Å². The highest BCUT2D eigenvalue weighted by Crippen LogP contribution is 2.24. The quantitative estimate of drug-likeness (QED) is 0.478. The van der Waals surface area contributed by atoms with Gasteiger partial charge in [-0.1, -0.05) is 11.2 Å². The van der Waals surface area contributed by atoms with Crippen molar-refractivity contribution in [3.63, 3.8) is 0 Å². The second kappa shape index (κ2) is 6.41. The van der Waals surface area contributed by atoms with Crippen LogP contribution in [0.4, 0.5) is 8.78 Å². The minimum Gasteiger partial charge on any atom is -0.472 e. The minimum atomic E-state index is -0.928. The van der Waals surface area contributed by atoms with E-state index in [1.807, 2.05) is 23.0 Å². The number of hydrogen-bond donors (Lipinski definition) is 1. The number of nitrogens with zero attached hydrogens (tertiary/aromatic N) is 3. The van der Waals surface area contributed by atoms with Gasteiger partial charge in [0, 0.05) is 17.7 Å². The van der Waals surface area contributed by atoms with Gasteiger partial charge in [-0.15, -0.1) is 0 Å². The van der Waals surface area contributed by atoms with Crippen molar-refractivity contribution in [2.75, 3.05) is 0 Å². The summed E-state index contributed by atoms with van der Waals surface area (Å²) in [6.45, 7) is 0.448. The van der Waals surface area contributed by atoms with Gasteiger partial charge in [0.1, 0.15) is 22.6 Å². The van der Waals surface area contributed by atoms with Crippen molar-refractivity contribution in [2.24, 2.45) is 0 Å². The molecule has 4 heterocycles. The molecule has 6 nitrogen and oxygen atoms in total. The van der Waals surface area contributed by atoms with Crippen molar-refractivity contribution >= 4 is 11.0 Å². The summed E-state index contributed by atoms with van der Waals surface area (Å²) in [5, 5.41) is 4.03. The maximum Gasteiger partial charge on any atom is 0.208 e. The van der Waals surface area contributed by atoms with Crippen LogP contribution in [0.1, 0.15) is 5.76 Å². The van der Waals surface area contributed by atoms with Gasteiger partial charge in [-0.2, -0.15) is 4.57 Å². The number of halogens is 2. The van der Waals surface area contributed by atoms with E-state index < -0.39 is 11.6 Å². The summed E-state index contributed by atoms with van der Waals surface area (Å²) >= 11 is 0. The number of rotatable bonds is 4. The number of hydrogen-bond acceptors (Lipinski definition) is 4. The number of aromatic nitrogens is 4. The van der Waals surface area contributed by atoms with Crippen LogP contribution in [0.3, 0.4) is 0 Å². The lowest BCUT2D eigenvalue weighted by molar-refractivity contribution is -0.688. The number of furan rings is 1. The third-order valence-corrected chi connectivity index (χ3v) is 4.40. The minimum absolute atomic E-state index is 0.0859. The maximum atomic E-state index is 14.0. The SMILES string of the molecule is Fc1cccc(-c2nc3cc[n+](Cc4cc(-c5ccoc5)no4)cc3[nH]2)c1F. The zero-order valence-corrected chi connectivity index (χ0v) is 14.4. The van der Waals surface area contributed by atoms with Gasteiger partial charge < -0.3 is 13.9 Å². The predicted molar refractivity (Wildman–Crippen MR) is 94.9 cm³/mol. The first kappa shape index (κ1) is 16.4. The van der Waals surface area contributed by atoms with E-state index in [0.29, 0.717) is 29.0 Å². The van der Waals surface area contributed by atoms with Crippen LogP contribution < -0.4 is 4.57 Å². The van der Waals surface area contributed by atoms with Crippen molar-refractivity contribution in [3.05, 3.63) is 78.7 Å². The van der Waals surface area contributed by atoms with E-state index in [9.17, 15) is 8.78 Å². The molecule has 1 N–H and O–H groups in total. The molecule has 0 saturated heterocycles. The van der Waals surface area contributed by atoms with Crippen LogP contribution >= 0.6 is 0 Å². The molecule has 0 aliphatic carbocycles. The average molecular weight is 379 g/mol. The van der Waals surface area contributed by atoms with Crippen LogP contribution in [0.5, 0.6) is 0 Å². The molecule has 0 aliphatic rings. The number of nitrogens with one attached hydrogen (secondary N) is 1. The van der Waals surface area contributed by atoms with Crippen LogP contribution in [0.2, 0.25) is 0 Å². The van der Waals surface area contributed by atoms with E-state index in [0.717, 1.165) is 11.6 Å². The standard InChI is InChI=1S/C20H12F2N4O2/c21-15-3-1-2-14(19(15)22)20-23-16-4-6-26(10-18(16)24-20)9-13-8-17(25-28-13)12-5-7-27-11-12/h1-8,10-11H,9H2/p+1. The number of benzene rings is 1. The molecule has 0 spiro atoms. The molecule has 0 amide bonds. The van der Waals surface area contributed by atoms with Gasteiger partial charge in [0.2, 0.25) is 12.3 Å². The summed E-state index contributed by atoms with van der Waals surface area (Å²) in [5.41, 5.74) is 2.95. The fraction of sp³-hybridized carbons (Fsp3) is 0.0500. The number of H-pyrrole nitrogens is 1. The summed E-state index contributed by atoms with van der Waals surface area (Å²) in [6.07, 6.45) is 6.82. The van der Waals surface area contributed by atoms with Gasteiger partial charge in [-0.25, -0.2) is 13.8 Å². The molecule has 0 bridgehead atoms. The van der Waals surface area contributed by atoms with Crippen LogP contribution in [-0.2, 0) is 6.54 Å². The highest BCUT2D eigenvalue weighted by atomic mass is 19.2. The maximum absolute atomic E-state index is 14.0. The Morgan fingerprint density at radius 3 is 2.93 bits per heavy atom. The molecule has 5 rings (SSSR count). The first-order valence-corrected chi connectivity index (χ1v) is 8.49. The number of fused-ring (bicyclic) bond motifs is 1. The molecular weight excluding hydrogens is 366 g/mol. The molecular formula is C20H13F2N4O2+. The lowest BCUT2D eigenvalue weighted by atomic mass is 10.2. The highest BCUT2D eigenvalue weighted by Gasteiger charge is 2.16. The summed E-state index contributed by atoms with van der Waals surface area (Å²) in [6, 6.07) is 9.43. The van der Waals surface area contributed by atoms with Crippen LogP contribution in [0.15, 0.2) is 70.3 Å². The molecule has 1 aromatic carbocycles. The lowest BCUT2D eigenvalue weighted by Crippen LogP contribution is -2.32. The highest BCUT2D eigenvalue weighted by molar-refractivity contribution is 5.77. The van der Waals surface area contributed by atoms with Crippen LogP contribution in [0, 0.1) is 11.6 Å². The van der Waals surface area contributed by atoms with Crippen LogP contribution in [0.25, 0.3) is 33.7 Å².